The average Bonchev–Trinajstić information content (AvgIpc) is 2.81. The molecule has 0 saturated heterocycles. The second-order valence-corrected chi connectivity index (χ2v) is 6.99. The smallest absolute Gasteiger partial charge is 0.274 e. The van der Waals surface area contributed by atoms with Gasteiger partial charge in [0.2, 0.25) is 0 Å². The zero-order valence-corrected chi connectivity index (χ0v) is 16.9. The van der Waals surface area contributed by atoms with Gasteiger partial charge in [0, 0.05) is 36.4 Å². The molecule has 0 unspecified atom stereocenters. The van der Waals surface area contributed by atoms with Gasteiger partial charge in [-0.05, 0) is 57.0 Å². The molecule has 1 aliphatic carbocycles. The minimum atomic E-state index is 0. The highest BCUT2D eigenvalue weighted by atomic mass is 35.5. The van der Waals surface area contributed by atoms with Gasteiger partial charge in [-0.3, -0.25) is 4.79 Å². The van der Waals surface area contributed by atoms with Crippen LogP contribution in [0.1, 0.15) is 41.0 Å². The number of halogens is 2. The minimum absolute atomic E-state index is 0. The summed E-state index contributed by atoms with van der Waals surface area (Å²) in [4.78, 5) is 14.7. The Morgan fingerprint density at radius 2 is 1.92 bits per heavy atom. The third kappa shape index (κ3) is 4.40. The maximum absolute atomic E-state index is 12.9. The number of nitrogens with zero attached hydrogens (tertiary/aromatic N) is 3. The van der Waals surface area contributed by atoms with Crippen LogP contribution in [0.25, 0.3) is 5.69 Å². The molecule has 0 aliphatic heterocycles. The monoisotopic (exact) mass is 396 g/mol. The molecule has 1 amide bonds. The second kappa shape index (κ2) is 9.40. The number of likely N-dealkylation sites (N-methyl/N-ethyl adjacent to an activating group) is 2. The van der Waals surface area contributed by atoms with Gasteiger partial charge < -0.3 is 10.2 Å². The van der Waals surface area contributed by atoms with Gasteiger partial charge in [0.1, 0.15) is 0 Å². The first-order chi connectivity index (χ1) is 12.1. The lowest BCUT2D eigenvalue weighted by Gasteiger charge is -2.16. The maximum atomic E-state index is 12.9. The summed E-state index contributed by atoms with van der Waals surface area (Å²) >= 11 is 6.02. The number of carbonyl (C=O) groups excluding carboxylic acids is 1. The Kier molecular flexibility index (Phi) is 7.50. The number of rotatable bonds is 5. The van der Waals surface area contributed by atoms with Gasteiger partial charge in [-0.25, -0.2) is 4.68 Å². The molecule has 0 saturated carbocycles. The maximum Gasteiger partial charge on any atom is 0.274 e. The quantitative estimate of drug-likeness (QED) is 0.786. The molecule has 1 aromatic carbocycles. The Labute approximate surface area is 166 Å². The van der Waals surface area contributed by atoms with E-state index in [1.807, 2.05) is 43.0 Å². The molecule has 2 aromatic rings. The van der Waals surface area contributed by atoms with E-state index in [4.69, 9.17) is 16.7 Å². The predicted molar refractivity (Wildman–Crippen MR) is 108 cm³/mol. The Morgan fingerprint density at radius 1 is 1.23 bits per heavy atom. The normalized spacial score (nSPS) is 13.5. The highest BCUT2D eigenvalue weighted by molar-refractivity contribution is 6.30. The van der Waals surface area contributed by atoms with Crippen molar-refractivity contribution in [1.82, 2.24) is 20.0 Å². The number of hydrogen-bond donors (Lipinski definition) is 1. The van der Waals surface area contributed by atoms with Crippen LogP contribution in [0.2, 0.25) is 5.02 Å². The second-order valence-electron chi connectivity index (χ2n) is 6.55. The first-order valence-corrected chi connectivity index (χ1v) is 9.26. The Morgan fingerprint density at radius 3 is 2.62 bits per heavy atom. The van der Waals surface area contributed by atoms with Crippen LogP contribution in [0.3, 0.4) is 0 Å². The lowest BCUT2D eigenvalue weighted by molar-refractivity contribution is 0.0789. The van der Waals surface area contributed by atoms with E-state index in [1.54, 1.807) is 4.90 Å². The van der Waals surface area contributed by atoms with Crippen LogP contribution in [-0.2, 0) is 12.8 Å². The van der Waals surface area contributed by atoms with E-state index in [-0.39, 0.29) is 18.3 Å². The standard InChI is InChI=1S/C19H25ClN4O.ClH/c1-21-12-13-23(2)19(25)18-16-6-4-3-5-7-17(16)24(22-18)15-10-8-14(20)9-11-15;/h8-11,21H,3-7,12-13H2,1-2H3;1H. The fourth-order valence-corrected chi connectivity index (χ4v) is 3.43. The molecule has 0 spiro atoms. The van der Waals surface area contributed by atoms with Gasteiger partial charge in [-0.1, -0.05) is 18.0 Å². The summed E-state index contributed by atoms with van der Waals surface area (Å²) < 4.78 is 1.94. The van der Waals surface area contributed by atoms with Crippen molar-refractivity contribution in [1.29, 1.82) is 0 Å². The van der Waals surface area contributed by atoms with Crippen molar-refractivity contribution < 1.29 is 4.79 Å². The molecule has 0 bridgehead atoms. The van der Waals surface area contributed by atoms with Crippen LogP contribution >= 0.6 is 24.0 Å². The van der Waals surface area contributed by atoms with Crippen LogP contribution in [0.15, 0.2) is 24.3 Å². The molecule has 1 N–H and O–H groups in total. The van der Waals surface area contributed by atoms with E-state index in [0.717, 1.165) is 43.5 Å². The molecule has 1 aliphatic rings. The molecular weight excluding hydrogens is 371 g/mol. The van der Waals surface area contributed by atoms with E-state index in [1.165, 1.54) is 12.1 Å². The first-order valence-electron chi connectivity index (χ1n) is 8.88. The average molecular weight is 397 g/mol. The van der Waals surface area contributed by atoms with Crippen molar-refractivity contribution in [3.8, 4) is 5.69 Å². The zero-order chi connectivity index (χ0) is 17.8. The minimum Gasteiger partial charge on any atom is -0.339 e. The third-order valence-electron chi connectivity index (χ3n) is 4.75. The SMILES string of the molecule is CNCCN(C)C(=O)c1nn(-c2ccc(Cl)cc2)c2c1CCCCC2.Cl. The summed E-state index contributed by atoms with van der Waals surface area (Å²) in [7, 11) is 3.73. The lowest BCUT2D eigenvalue weighted by Crippen LogP contribution is -2.33. The fourth-order valence-electron chi connectivity index (χ4n) is 3.31. The molecule has 0 fully saturated rings. The van der Waals surface area contributed by atoms with Gasteiger partial charge in [-0.2, -0.15) is 5.10 Å². The molecule has 1 heterocycles. The van der Waals surface area contributed by atoms with E-state index in [9.17, 15) is 4.79 Å². The molecule has 26 heavy (non-hydrogen) atoms. The van der Waals surface area contributed by atoms with Gasteiger partial charge in [0.15, 0.2) is 5.69 Å². The molecule has 5 nitrogen and oxygen atoms in total. The molecule has 0 atom stereocenters. The van der Waals surface area contributed by atoms with Crippen LogP contribution in [0, 0.1) is 0 Å². The summed E-state index contributed by atoms with van der Waals surface area (Å²) in [5.74, 6) is 0.00103. The number of carbonyl (C=O) groups is 1. The van der Waals surface area contributed by atoms with E-state index >= 15 is 0 Å². The lowest BCUT2D eigenvalue weighted by atomic mass is 10.1. The number of fused-ring (bicyclic) bond motifs is 1. The van der Waals surface area contributed by atoms with E-state index in [2.05, 4.69) is 5.32 Å². The van der Waals surface area contributed by atoms with Crippen LogP contribution < -0.4 is 5.32 Å². The molecule has 1 aromatic heterocycles. The van der Waals surface area contributed by atoms with Crippen molar-refractivity contribution in [2.24, 2.45) is 0 Å². The van der Waals surface area contributed by atoms with Crippen molar-refractivity contribution in [2.45, 2.75) is 32.1 Å². The van der Waals surface area contributed by atoms with Crippen LogP contribution in [0.5, 0.6) is 0 Å². The van der Waals surface area contributed by atoms with Gasteiger partial charge in [-0.15, -0.1) is 12.4 Å². The number of benzene rings is 1. The first kappa shape index (κ1) is 20.7. The molecular formula is C19H26Cl2N4O. The summed E-state index contributed by atoms with van der Waals surface area (Å²) in [6.07, 6.45) is 5.32. The number of amides is 1. The predicted octanol–water partition coefficient (Wildman–Crippen LogP) is 3.51. The van der Waals surface area contributed by atoms with E-state index in [0.29, 0.717) is 17.3 Å². The zero-order valence-electron chi connectivity index (χ0n) is 15.3. The largest absolute Gasteiger partial charge is 0.339 e. The van der Waals surface area contributed by atoms with Crippen molar-refractivity contribution >= 4 is 29.9 Å². The topological polar surface area (TPSA) is 50.2 Å². The van der Waals surface area contributed by atoms with Crippen LogP contribution in [-0.4, -0.2) is 47.8 Å². The Bertz CT molecular complexity index is 743. The third-order valence-corrected chi connectivity index (χ3v) is 5.00. The summed E-state index contributed by atoms with van der Waals surface area (Å²) in [6, 6.07) is 7.64. The van der Waals surface area contributed by atoms with Crippen molar-refractivity contribution in [3.05, 3.63) is 46.2 Å². The number of nitrogens with one attached hydrogen (secondary N) is 1. The van der Waals surface area contributed by atoms with Gasteiger partial charge in [0.05, 0.1) is 5.69 Å². The van der Waals surface area contributed by atoms with Crippen molar-refractivity contribution in [3.63, 3.8) is 0 Å². The summed E-state index contributed by atoms with van der Waals surface area (Å²) in [5.41, 5.74) is 3.85. The van der Waals surface area contributed by atoms with Gasteiger partial charge in [0.25, 0.3) is 5.91 Å². The highest BCUT2D eigenvalue weighted by Gasteiger charge is 2.26. The molecule has 7 heteroatoms. The number of hydrogen-bond acceptors (Lipinski definition) is 3. The highest BCUT2D eigenvalue weighted by Crippen LogP contribution is 2.27. The van der Waals surface area contributed by atoms with E-state index < -0.39 is 0 Å². The van der Waals surface area contributed by atoms with Gasteiger partial charge >= 0.3 is 0 Å². The van der Waals surface area contributed by atoms with Crippen LogP contribution in [0.4, 0.5) is 0 Å². The van der Waals surface area contributed by atoms with Crippen molar-refractivity contribution in [2.75, 3.05) is 27.2 Å². The Balaban J connectivity index is 0.00000243. The summed E-state index contributed by atoms with van der Waals surface area (Å²) in [6.45, 7) is 1.43. The molecule has 3 rings (SSSR count). The Hall–Kier alpha value is -1.56. The molecule has 0 radical (unpaired) electrons. The molecule has 142 valence electrons. The fraction of sp³-hybridized carbons (Fsp3) is 0.474. The number of aromatic nitrogens is 2. The summed E-state index contributed by atoms with van der Waals surface area (Å²) in [5, 5.41) is 8.51.